The molecule has 0 spiro atoms. The van der Waals surface area contributed by atoms with E-state index in [1.54, 1.807) is 0 Å². The van der Waals surface area contributed by atoms with Crippen LogP contribution in [-0.4, -0.2) is 400 Å². The standard InChI is InChI=1S/6C6H12O7.Na.Sb.8H2/c6*7-1-2(8)3(9)4(10)5(11)6(12)13;;;;;;;;;;/h6*2-5,7-11H,1H2,(H,12,13);;;8*1H/q;;;;;;+1;+5;;;;;;;;/p-6/t6*2-,3-,4+,5-;;;;;;;;;;/m111111........../s1. The second-order valence-corrected chi connectivity index (χ2v) is 15.0. The Kier molecular flexibility index (Phi) is 58.4. The molecule has 42 nitrogen and oxygen atoms in total. The molecule has 0 aliphatic carbocycles. The van der Waals surface area contributed by atoms with Crippen LogP contribution in [0.25, 0.3) is 0 Å². The first-order valence-corrected chi connectivity index (χ1v) is 20.7. The second-order valence-electron chi connectivity index (χ2n) is 15.0. The molecule has 24 atom stereocenters. The first kappa shape index (κ1) is 93.8. The van der Waals surface area contributed by atoms with E-state index in [0.29, 0.717) is 0 Å². The largest absolute Gasteiger partial charge is 5.00 e. The van der Waals surface area contributed by atoms with Crippen molar-refractivity contribution < 1.29 is 254 Å². The molecule has 0 bridgehead atoms. The van der Waals surface area contributed by atoms with Gasteiger partial charge in [-0.3, -0.25) is 0 Å². The smallest absolute Gasteiger partial charge is 0.547 e. The number of hydrogen-bond acceptors (Lipinski definition) is 42. The fourth-order valence-electron chi connectivity index (χ4n) is 3.97. The Morgan fingerprint density at radius 1 is 0.225 bits per heavy atom. The minimum Gasteiger partial charge on any atom is -0.547 e. The van der Waals surface area contributed by atoms with Crippen molar-refractivity contribution in [3.63, 3.8) is 0 Å². The molecule has 30 N–H and O–H groups in total. The van der Waals surface area contributed by atoms with Gasteiger partial charge < -0.3 is 213 Å². The third-order valence-corrected chi connectivity index (χ3v) is 8.98. The SMILES string of the molecule is O=C([O-])[C@H](O)[C@@H](O)[C@H](O)[C@H](O)CO.O=C([O-])[C@H](O)[C@@H](O)[C@H](O)[C@H](O)CO.O=C([O-])[C@H](O)[C@@H](O)[C@H](O)[C@H](O)CO.O=C([O-])[C@H](O)[C@@H](O)[C@H](O)[C@H](O)CO.O=C([O-])[C@H](O)[C@@H](O)[C@H](O)[C@H](O)CO.O=C([O-])[C@H](O)[C@@H](O)[C@H](O)[C@H](O)CO.[HH].[HH].[HH].[HH].[HH].[HH].[HH].[HH].[Na+].[Sb+5]. The van der Waals surface area contributed by atoms with Gasteiger partial charge in [-0.15, -0.1) is 0 Å². The quantitative estimate of drug-likeness (QED) is 0.0297. The molecule has 0 heterocycles. The molecule has 0 aliphatic heterocycles. The van der Waals surface area contributed by atoms with Gasteiger partial charge in [0.1, 0.15) is 146 Å². The molecular weight excluding hydrogens is 1250 g/mol. The molecule has 0 radical (unpaired) electrons. The van der Waals surface area contributed by atoms with E-state index in [2.05, 4.69) is 0 Å². The van der Waals surface area contributed by atoms with Crippen molar-refractivity contribution in [2.24, 2.45) is 0 Å². The van der Waals surface area contributed by atoms with Gasteiger partial charge in [0.15, 0.2) is 0 Å². The van der Waals surface area contributed by atoms with Crippen molar-refractivity contribution in [3.8, 4) is 0 Å². The molecule has 0 aromatic heterocycles. The van der Waals surface area contributed by atoms with E-state index in [1.807, 2.05) is 0 Å². The maximum Gasteiger partial charge on any atom is 5.00 e. The number of aliphatic hydroxyl groups excluding tert-OH is 30. The third kappa shape index (κ3) is 37.6. The number of rotatable bonds is 30. The molecule has 80 heavy (non-hydrogen) atoms. The summed E-state index contributed by atoms with van der Waals surface area (Å²) in [6.45, 7) is -5.18. The van der Waals surface area contributed by atoms with Crippen LogP contribution in [0.3, 0.4) is 0 Å². The summed E-state index contributed by atoms with van der Waals surface area (Å²) >= 11 is 0. The summed E-state index contributed by atoms with van der Waals surface area (Å²) in [5.74, 6) is -11.9. The number of carbonyl (C=O) groups is 6. The Morgan fingerprint density at radius 3 is 0.350 bits per heavy atom. The first-order chi connectivity index (χ1) is 35.5. The molecule has 484 valence electrons. The topological polar surface area (TPSA) is 848 Å². The maximum atomic E-state index is 9.98. The Morgan fingerprint density at radius 2 is 0.300 bits per heavy atom. The maximum absolute atomic E-state index is 9.98. The van der Waals surface area contributed by atoms with Crippen LogP contribution in [0.15, 0.2) is 0 Å². The van der Waals surface area contributed by atoms with Crippen LogP contribution in [0.2, 0.25) is 0 Å². The van der Waals surface area contributed by atoms with E-state index < -0.39 is 222 Å². The summed E-state index contributed by atoms with van der Waals surface area (Å²) in [5.41, 5.74) is 0. The molecule has 0 unspecified atom stereocenters. The van der Waals surface area contributed by atoms with E-state index in [-0.39, 0.29) is 65.4 Å². The van der Waals surface area contributed by atoms with Gasteiger partial charge >= 0.3 is 54.0 Å². The normalized spacial score (nSPS) is 19.9. The molecule has 0 aromatic carbocycles. The summed E-state index contributed by atoms with van der Waals surface area (Å²) in [5, 5.41) is 321. The predicted octanol–water partition coefficient (Wildman–Crippen LogP) is -30.4. The van der Waals surface area contributed by atoms with Gasteiger partial charge in [-0.1, -0.05) is 0 Å². The van der Waals surface area contributed by atoms with Gasteiger partial charge in [0.25, 0.3) is 0 Å². The summed E-state index contributed by atoms with van der Waals surface area (Å²) in [4.78, 5) is 59.9. The Hall–Kier alpha value is -2.56. The third-order valence-electron chi connectivity index (χ3n) is 8.98. The molecular formula is C36H82NaO42Sb. The molecule has 0 amide bonds. The Labute approximate surface area is 498 Å². The summed E-state index contributed by atoms with van der Waals surface area (Å²) in [7, 11) is 0. The predicted molar refractivity (Wildman–Crippen MR) is 239 cm³/mol. The molecule has 0 saturated carbocycles. The number of aliphatic carboxylic acids is 6. The zero-order chi connectivity index (χ0) is 63.6. The van der Waals surface area contributed by atoms with E-state index in [0.717, 1.165) is 0 Å². The van der Waals surface area contributed by atoms with Crippen LogP contribution in [0.5, 0.6) is 0 Å². The average Bonchev–Trinajstić information content (AvgIpc) is 3.42. The molecule has 0 aliphatic rings. The fourth-order valence-corrected chi connectivity index (χ4v) is 3.97. The molecule has 0 saturated heterocycles. The van der Waals surface area contributed by atoms with Crippen molar-refractivity contribution in [1.29, 1.82) is 0 Å². The van der Waals surface area contributed by atoms with Gasteiger partial charge in [-0.2, -0.15) is 0 Å². The number of carbonyl (C=O) groups excluding carboxylic acids is 6. The van der Waals surface area contributed by atoms with Gasteiger partial charge in [0, 0.05) is 11.4 Å². The number of carboxylic acid groups (broad SMARTS) is 6. The van der Waals surface area contributed by atoms with Gasteiger partial charge in [0.2, 0.25) is 0 Å². The van der Waals surface area contributed by atoms with Gasteiger partial charge in [-0.05, 0) is 0 Å². The van der Waals surface area contributed by atoms with Crippen molar-refractivity contribution in [2.45, 2.75) is 146 Å². The second kappa shape index (κ2) is 49.8. The molecule has 44 heteroatoms. The molecule has 0 aromatic rings. The van der Waals surface area contributed by atoms with E-state index in [1.165, 1.54) is 0 Å². The van der Waals surface area contributed by atoms with Crippen molar-refractivity contribution in [3.05, 3.63) is 0 Å². The van der Waals surface area contributed by atoms with Crippen LogP contribution in [0.1, 0.15) is 11.4 Å². The van der Waals surface area contributed by atoms with E-state index in [4.69, 9.17) is 153 Å². The summed E-state index contributed by atoms with van der Waals surface area (Å²) in [6.07, 6.45) is -48.5. The Bertz CT molecular complexity index is 1370. The number of hydrogen-bond donors (Lipinski definition) is 30. The number of aliphatic hydroxyl groups is 30. The molecule has 0 rings (SSSR count). The van der Waals surface area contributed by atoms with Crippen LogP contribution >= 0.6 is 0 Å². The monoisotopic (exact) mass is 1330 g/mol. The average molecular weight is 1330 g/mol. The van der Waals surface area contributed by atoms with Crippen molar-refractivity contribution in [2.75, 3.05) is 39.6 Å². The van der Waals surface area contributed by atoms with Gasteiger partial charge in [-0.25, -0.2) is 0 Å². The Balaban J connectivity index is -0.0000000494. The summed E-state index contributed by atoms with van der Waals surface area (Å²) in [6, 6.07) is 0. The van der Waals surface area contributed by atoms with Crippen LogP contribution in [0, 0.1) is 0 Å². The first-order valence-electron chi connectivity index (χ1n) is 20.7. The molecule has 0 fully saturated rings. The minimum absolute atomic E-state index is 0. The van der Waals surface area contributed by atoms with Crippen LogP contribution < -0.4 is 60.2 Å². The van der Waals surface area contributed by atoms with Crippen molar-refractivity contribution >= 4 is 60.2 Å². The summed E-state index contributed by atoms with van der Waals surface area (Å²) < 4.78 is 0. The van der Waals surface area contributed by atoms with Crippen LogP contribution in [0.4, 0.5) is 0 Å². The van der Waals surface area contributed by atoms with Crippen molar-refractivity contribution in [1.82, 2.24) is 0 Å². The van der Waals surface area contributed by atoms with Crippen LogP contribution in [-0.2, 0) is 28.8 Å². The van der Waals surface area contributed by atoms with E-state index >= 15 is 0 Å². The van der Waals surface area contributed by atoms with E-state index in [9.17, 15) is 59.4 Å². The fraction of sp³-hybridized carbons (Fsp3) is 0.833. The zero-order valence-corrected chi connectivity index (χ0v) is 45.4. The minimum atomic E-state index is -2.31. The number of carboxylic acids is 6. The zero-order valence-electron chi connectivity index (χ0n) is 40.9. The van der Waals surface area contributed by atoms with Gasteiger partial charge in [0.05, 0.1) is 75.5 Å².